The summed E-state index contributed by atoms with van der Waals surface area (Å²) in [5, 5.41) is 20.1. The Hall–Kier alpha value is -2.29. The maximum atomic E-state index is 11.6. The summed E-state index contributed by atoms with van der Waals surface area (Å²) in [7, 11) is 0. The smallest absolute Gasteiger partial charge is 0.339 e. The third-order valence-electron chi connectivity index (χ3n) is 5.26. The lowest BCUT2D eigenvalue weighted by Gasteiger charge is -2.18. The van der Waals surface area contributed by atoms with Crippen molar-refractivity contribution in [2.45, 2.75) is 71.6 Å². The monoisotopic (exact) mass is 368 g/mol. The van der Waals surface area contributed by atoms with E-state index >= 15 is 0 Å². The first-order valence-electron chi connectivity index (χ1n) is 10.1. The number of carboxylic acid groups (broad SMARTS) is 1. The van der Waals surface area contributed by atoms with Crippen molar-refractivity contribution in [2.24, 2.45) is 0 Å². The highest BCUT2D eigenvalue weighted by atomic mass is 16.4. The predicted molar refractivity (Wildman–Crippen MR) is 111 cm³/mol. The molecule has 0 saturated carbocycles. The summed E-state index contributed by atoms with van der Waals surface area (Å²) in [4.78, 5) is 11.6. The lowest BCUT2D eigenvalue weighted by molar-refractivity contribution is 0.0693. The summed E-state index contributed by atoms with van der Waals surface area (Å²) in [5.74, 6) is -1.24. The van der Waals surface area contributed by atoms with Crippen LogP contribution in [0.15, 0.2) is 36.4 Å². The molecule has 2 N–H and O–H groups in total. The highest BCUT2D eigenvalue weighted by molar-refractivity contribution is 5.91. The van der Waals surface area contributed by atoms with E-state index in [4.69, 9.17) is 0 Å². The molecule has 0 aliphatic rings. The van der Waals surface area contributed by atoms with Gasteiger partial charge >= 0.3 is 5.97 Å². The van der Waals surface area contributed by atoms with E-state index in [0.717, 1.165) is 36.0 Å². The zero-order chi connectivity index (χ0) is 19.8. The average Bonchev–Trinajstić information content (AvgIpc) is 2.64. The van der Waals surface area contributed by atoms with E-state index in [0.29, 0.717) is 5.56 Å². The number of hydrogen-bond acceptors (Lipinski definition) is 2. The molecule has 0 fully saturated rings. The second-order valence-corrected chi connectivity index (χ2v) is 7.54. The van der Waals surface area contributed by atoms with Gasteiger partial charge in [0.2, 0.25) is 0 Å². The summed E-state index contributed by atoms with van der Waals surface area (Å²) in [6.07, 6.45) is 8.06. The molecule has 0 saturated heterocycles. The molecule has 3 heteroatoms. The number of phenols is 1. The first-order valence-corrected chi connectivity index (χ1v) is 10.1. The van der Waals surface area contributed by atoms with Gasteiger partial charge in [0, 0.05) is 11.5 Å². The predicted octanol–water partition coefficient (Wildman–Crippen LogP) is 6.45. The molecule has 1 atom stereocenters. The van der Waals surface area contributed by atoms with Gasteiger partial charge in [-0.25, -0.2) is 4.79 Å². The number of aromatic hydroxyl groups is 1. The molecule has 2 aromatic carbocycles. The maximum Gasteiger partial charge on any atom is 0.339 e. The molecule has 0 aromatic heterocycles. The second-order valence-electron chi connectivity index (χ2n) is 7.54. The molecule has 0 bridgehead atoms. The fraction of sp³-hybridized carbons (Fsp3) is 0.458. The molecular formula is C24H32O3. The minimum Gasteiger partial charge on any atom is -0.507 e. The Morgan fingerprint density at radius 3 is 2.41 bits per heavy atom. The number of carboxylic acids is 1. The molecule has 27 heavy (non-hydrogen) atoms. The van der Waals surface area contributed by atoms with Crippen LogP contribution in [-0.4, -0.2) is 16.2 Å². The minimum atomic E-state index is -1.07. The quantitative estimate of drug-likeness (QED) is 0.474. The number of aromatic carboxylic acids is 1. The summed E-state index contributed by atoms with van der Waals surface area (Å²) in [5.41, 5.74) is 3.93. The summed E-state index contributed by atoms with van der Waals surface area (Å²) in [6.45, 7) is 6.26. The lowest BCUT2D eigenvalue weighted by Crippen LogP contribution is -2.05. The molecule has 0 aliphatic heterocycles. The average molecular weight is 369 g/mol. The van der Waals surface area contributed by atoms with Crippen molar-refractivity contribution in [3.63, 3.8) is 0 Å². The maximum absolute atomic E-state index is 11.6. The number of aryl methyl sites for hydroxylation is 2. The van der Waals surface area contributed by atoms with Crippen LogP contribution in [0.1, 0.15) is 90.9 Å². The van der Waals surface area contributed by atoms with E-state index < -0.39 is 5.97 Å². The zero-order valence-corrected chi connectivity index (χ0v) is 16.8. The fourth-order valence-corrected chi connectivity index (χ4v) is 3.58. The van der Waals surface area contributed by atoms with E-state index in [1.54, 1.807) is 6.07 Å². The van der Waals surface area contributed by atoms with Crippen LogP contribution < -0.4 is 0 Å². The first kappa shape index (κ1) is 21.0. The Balaban J connectivity index is 2.22. The highest BCUT2D eigenvalue weighted by Gasteiger charge is 2.20. The SMILES string of the molecule is CCCCCCCCc1cc(C(=O)O)c(O)c(C(C)c2cccc(C)c2)c1. The largest absolute Gasteiger partial charge is 0.507 e. The molecule has 1 unspecified atom stereocenters. The molecule has 146 valence electrons. The van der Waals surface area contributed by atoms with Crippen molar-refractivity contribution in [1.29, 1.82) is 0 Å². The Morgan fingerprint density at radius 1 is 1.04 bits per heavy atom. The minimum absolute atomic E-state index is 0.00739. The van der Waals surface area contributed by atoms with Gasteiger partial charge in [-0.1, -0.05) is 81.8 Å². The van der Waals surface area contributed by atoms with Gasteiger partial charge in [-0.15, -0.1) is 0 Å². The van der Waals surface area contributed by atoms with Gasteiger partial charge < -0.3 is 10.2 Å². The second kappa shape index (κ2) is 10.1. The molecule has 2 rings (SSSR count). The van der Waals surface area contributed by atoms with E-state index in [2.05, 4.69) is 13.0 Å². The third kappa shape index (κ3) is 5.85. The molecule has 0 spiro atoms. The van der Waals surface area contributed by atoms with Crippen molar-refractivity contribution >= 4 is 5.97 Å². The summed E-state index contributed by atoms with van der Waals surface area (Å²) < 4.78 is 0. The Bertz CT molecular complexity index is 764. The van der Waals surface area contributed by atoms with Crippen LogP contribution in [0.2, 0.25) is 0 Å². The molecule has 2 aromatic rings. The molecular weight excluding hydrogens is 336 g/mol. The summed E-state index contributed by atoms with van der Waals surface area (Å²) in [6, 6.07) is 11.8. The molecule has 0 aliphatic carbocycles. The van der Waals surface area contributed by atoms with Crippen LogP contribution in [0.5, 0.6) is 5.75 Å². The van der Waals surface area contributed by atoms with Crippen LogP contribution in [-0.2, 0) is 6.42 Å². The van der Waals surface area contributed by atoms with E-state index in [1.165, 1.54) is 25.7 Å². The Morgan fingerprint density at radius 2 is 1.74 bits per heavy atom. The fourth-order valence-electron chi connectivity index (χ4n) is 3.58. The number of unbranched alkanes of at least 4 members (excludes halogenated alkanes) is 5. The standard InChI is InChI=1S/C24H32O3/c1-4-5-6-7-8-9-12-19-15-21(23(25)22(16-19)24(26)27)18(3)20-13-10-11-17(2)14-20/h10-11,13-16,18,25H,4-9,12H2,1-3H3,(H,26,27). The van der Waals surface area contributed by atoms with Gasteiger partial charge in [0.05, 0.1) is 0 Å². The van der Waals surface area contributed by atoms with Gasteiger partial charge in [-0.3, -0.25) is 0 Å². The summed E-state index contributed by atoms with van der Waals surface area (Å²) >= 11 is 0. The van der Waals surface area contributed by atoms with Crippen LogP contribution >= 0.6 is 0 Å². The third-order valence-corrected chi connectivity index (χ3v) is 5.26. The lowest BCUT2D eigenvalue weighted by atomic mass is 9.88. The normalized spacial score (nSPS) is 12.1. The molecule has 3 nitrogen and oxygen atoms in total. The van der Waals surface area contributed by atoms with E-state index in [1.807, 2.05) is 38.1 Å². The van der Waals surface area contributed by atoms with Crippen molar-refractivity contribution in [3.8, 4) is 5.75 Å². The van der Waals surface area contributed by atoms with Crippen LogP contribution in [0.4, 0.5) is 0 Å². The van der Waals surface area contributed by atoms with Gasteiger partial charge in [0.15, 0.2) is 0 Å². The Labute approximate surface area is 163 Å². The van der Waals surface area contributed by atoms with Crippen LogP contribution in [0, 0.1) is 6.92 Å². The van der Waals surface area contributed by atoms with Gasteiger partial charge in [-0.05, 0) is 37.0 Å². The van der Waals surface area contributed by atoms with Crippen LogP contribution in [0.3, 0.4) is 0 Å². The number of carbonyl (C=O) groups is 1. The van der Waals surface area contributed by atoms with Gasteiger partial charge in [-0.2, -0.15) is 0 Å². The van der Waals surface area contributed by atoms with Crippen molar-refractivity contribution in [1.82, 2.24) is 0 Å². The molecule has 0 amide bonds. The number of rotatable bonds is 10. The van der Waals surface area contributed by atoms with Crippen molar-refractivity contribution in [2.75, 3.05) is 0 Å². The van der Waals surface area contributed by atoms with Gasteiger partial charge in [0.25, 0.3) is 0 Å². The number of hydrogen-bond donors (Lipinski definition) is 2. The number of benzene rings is 2. The highest BCUT2D eigenvalue weighted by Crippen LogP contribution is 2.35. The topological polar surface area (TPSA) is 57.5 Å². The van der Waals surface area contributed by atoms with Crippen molar-refractivity contribution < 1.29 is 15.0 Å². The molecule has 0 radical (unpaired) electrons. The first-order chi connectivity index (χ1) is 12.9. The van der Waals surface area contributed by atoms with E-state index in [-0.39, 0.29) is 17.2 Å². The molecule has 0 heterocycles. The van der Waals surface area contributed by atoms with E-state index in [9.17, 15) is 15.0 Å². The zero-order valence-electron chi connectivity index (χ0n) is 16.8. The van der Waals surface area contributed by atoms with Crippen molar-refractivity contribution in [3.05, 3.63) is 64.2 Å². The van der Waals surface area contributed by atoms with Gasteiger partial charge in [0.1, 0.15) is 11.3 Å². The van der Waals surface area contributed by atoms with Crippen LogP contribution in [0.25, 0.3) is 0 Å². The Kier molecular flexibility index (Phi) is 7.90.